The fraction of sp³-hybridized carbons (Fsp3) is 0.462. The first-order chi connectivity index (χ1) is 8.59. The van der Waals surface area contributed by atoms with Crippen LogP contribution in [0.15, 0.2) is 12.1 Å². The number of hydrogen-bond acceptors (Lipinski definition) is 2. The predicted octanol–water partition coefficient (Wildman–Crippen LogP) is 5.73. The van der Waals surface area contributed by atoms with Crippen molar-refractivity contribution >= 4 is 21.6 Å². The zero-order valence-electron chi connectivity index (χ0n) is 11.2. The van der Waals surface area contributed by atoms with Crippen molar-refractivity contribution in [1.29, 1.82) is 0 Å². The molecular weight excluding hydrogens is 259 g/mol. The summed E-state index contributed by atoms with van der Waals surface area (Å²) in [4.78, 5) is 3.70. The molecule has 102 valence electrons. The summed E-state index contributed by atoms with van der Waals surface area (Å²) < 4.78 is 38.0. The topological polar surface area (TPSA) is 12.9 Å². The van der Waals surface area contributed by atoms with Crippen LogP contribution >= 0.6 is 11.3 Å². The Bertz CT molecular complexity index is 441. The van der Waals surface area contributed by atoms with Crippen LogP contribution in [0.2, 0.25) is 0 Å². The van der Waals surface area contributed by atoms with Crippen LogP contribution in [0.5, 0.6) is 0 Å². The van der Waals surface area contributed by atoms with Crippen molar-refractivity contribution in [2.45, 2.75) is 41.0 Å². The van der Waals surface area contributed by atoms with Gasteiger partial charge in [-0.05, 0) is 18.6 Å². The lowest BCUT2D eigenvalue weighted by Crippen LogP contribution is -1.82. The highest BCUT2D eigenvalue weighted by Crippen LogP contribution is 2.32. The average molecular weight is 277 g/mol. The van der Waals surface area contributed by atoms with Gasteiger partial charge in [-0.15, -0.1) is 11.3 Å². The van der Waals surface area contributed by atoms with Crippen LogP contribution in [0.25, 0.3) is 10.2 Å². The molecule has 0 saturated carbocycles. The minimum atomic E-state index is -2.63. The van der Waals surface area contributed by atoms with Crippen LogP contribution in [0.4, 0.5) is 13.2 Å². The van der Waals surface area contributed by atoms with Crippen molar-refractivity contribution in [2.75, 3.05) is 0 Å². The first-order valence-electron chi connectivity index (χ1n) is 5.93. The predicted molar refractivity (Wildman–Crippen MR) is 72.0 cm³/mol. The van der Waals surface area contributed by atoms with Crippen molar-refractivity contribution in [3.63, 3.8) is 0 Å². The molecule has 0 aliphatic rings. The fourth-order valence-corrected chi connectivity index (χ4v) is 2.12. The summed E-state index contributed by atoms with van der Waals surface area (Å²) in [5.74, 6) is -0.491. The average Bonchev–Trinajstić information content (AvgIpc) is 2.85. The lowest BCUT2D eigenvalue weighted by Gasteiger charge is -1.93. The Morgan fingerprint density at radius 3 is 2.11 bits per heavy atom. The minimum Gasteiger partial charge on any atom is -0.235 e. The quantitative estimate of drug-likeness (QED) is 0.648. The maximum absolute atomic E-state index is 13.2. The van der Waals surface area contributed by atoms with E-state index >= 15 is 0 Å². The van der Waals surface area contributed by atoms with E-state index in [0.29, 0.717) is 22.4 Å². The molecule has 0 atom stereocenters. The van der Waals surface area contributed by atoms with Crippen molar-refractivity contribution in [1.82, 2.24) is 4.98 Å². The van der Waals surface area contributed by atoms with Gasteiger partial charge in [-0.3, -0.25) is 0 Å². The zero-order chi connectivity index (χ0) is 14.3. The molecule has 5 heteroatoms. The molecular formula is C13H18F3NS. The monoisotopic (exact) mass is 277 g/mol. The van der Waals surface area contributed by atoms with E-state index in [4.69, 9.17) is 0 Å². The normalized spacial score (nSPS) is 9.61. The third-order valence-electron chi connectivity index (χ3n) is 1.90. The molecule has 0 fully saturated rings. The Kier molecular flexibility index (Phi) is 7.59. The van der Waals surface area contributed by atoms with E-state index in [9.17, 15) is 13.2 Å². The lowest BCUT2D eigenvalue weighted by molar-refractivity contribution is 0.151. The van der Waals surface area contributed by atoms with Gasteiger partial charge in [0.05, 0.1) is 10.2 Å². The Labute approximate surface area is 110 Å². The van der Waals surface area contributed by atoms with E-state index < -0.39 is 12.2 Å². The van der Waals surface area contributed by atoms with E-state index in [-0.39, 0.29) is 9.71 Å². The van der Waals surface area contributed by atoms with Crippen molar-refractivity contribution in [3.8, 4) is 0 Å². The van der Waals surface area contributed by atoms with Gasteiger partial charge in [-0.2, -0.15) is 0 Å². The number of thiazole rings is 1. The summed E-state index contributed by atoms with van der Waals surface area (Å²) in [7, 11) is 0. The fourth-order valence-electron chi connectivity index (χ4n) is 1.21. The van der Waals surface area contributed by atoms with Crippen LogP contribution in [0.1, 0.15) is 44.7 Å². The second-order valence-corrected chi connectivity index (χ2v) is 3.93. The number of nitrogens with zero attached hydrogens (tertiary/aromatic N) is 1. The van der Waals surface area contributed by atoms with Gasteiger partial charge < -0.3 is 0 Å². The van der Waals surface area contributed by atoms with E-state index in [1.807, 2.05) is 27.7 Å². The highest BCUT2D eigenvalue weighted by molar-refractivity contribution is 7.18. The summed E-state index contributed by atoms with van der Waals surface area (Å²) in [5.41, 5.74) is 1.05. The summed E-state index contributed by atoms with van der Waals surface area (Å²) in [6, 6.07) is 2.80. The first kappa shape index (κ1) is 16.9. The van der Waals surface area contributed by atoms with Crippen LogP contribution in [0, 0.1) is 12.7 Å². The number of aromatic nitrogens is 1. The van der Waals surface area contributed by atoms with Crippen LogP contribution in [-0.4, -0.2) is 4.98 Å². The number of hydrogen-bond donors (Lipinski definition) is 0. The smallest absolute Gasteiger partial charge is 0.235 e. The van der Waals surface area contributed by atoms with Gasteiger partial charge in [0.1, 0.15) is 5.82 Å². The van der Waals surface area contributed by atoms with E-state index in [2.05, 4.69) is 4.98 Å². The highest BCUT2D eigenvalue weighted by atomic mass is 32.1. The molecule has 0 aliphatic carbocycles. The summed E-state index contributed by atoms with van der Waals surface area (Å²) in [5, 5.41) is -0.326. The number of fused-ring (bicyclic) bond motifs is 1. The number of rotatable bonds is 1. The number of benzene rings is 1. The highest BCUT2D eigenvalue weighted by Gasteiger charge is 2.16. The minimum absolute atomic E-state index is 0.209. The van der Waals surface area contributed by atoms with Crippen LogP contribution in [0.3, 0.4) is 0 Å². The second-order valence-electron chi connectivity index (χ2n) is 2.89. The first-order valence-corrected chi connectivity index (χ1v) is 6.75. The second kappa shape index (κ2) is 8.08. The maximum Gasteiger partial charge on any atom is 0.289 e. The molecule has 0 unspecified atom stereocenters. The summed E-state index contributed by atoms with van der Waals surface area (Å²) in [6.45, 7) is 9.72. The SMILES string of the molecule is CC.CC.Cc1ccc(F)c2sc(C(F)F)nc12. The Morgan fingerprint density at radius 2 is 1.67 bits per heavy atom. The lowest BCUT2D eigenvalue weighted by atomic mass is 10.2. The third-order valence-corrected chi connectivity index (χ3v) is 2.97. The molecule has 1 aromatic heterocycles. The molecule has 0 bridgehead atoms. The molecule has 2 rings (SSSR count). The zero-order valence-corrected chi connectivity index (χ0v) is 12.0. The van der Waals surface area contributed by atoms with E-state index in [1.54, 1.807) is 6.92 Å². The molecule has 1 nitrogen and oxygen atoms in total. The maximum atomic E-state index is 13.2. The van der Waals surface area contributed by atoms with Gasteiger partial charge >= 0.3 is 0 Å². The molecule has 1 aromatic carbocycles. The van der Waals surface area contributed by atoms with Crippen molar-refractivity contribution in [3.05, 3.63) is 28.5 Å². The van der Waals surface area contributed by atoms with Gasteiger partial charge in [0, 0.05) is 0 Å². The van der Waals surface area contributed by atoms with E-state index in [0.717, 1.165) is 0 Å². The Balaban J connectivity index is 0.000000659. The molecule has 0 spiro atoms. The summed E-state index contributed by atoms with van der Waals surface area (Å²) >= 11 is 0.710. The molecule has 1 heterocycles. The van der Waals surface area contributed by atoms with Gasteiger partial charge in [-0.1, -0.05) is 33.8 Å². The van der Waals surface area contributed by atoms with Gasteiger partial charge in [-0.25, -0.2) is 18.2 Å². The van der Waals surface area contributed by atoms with Gasteiger partial charge in [0.25, 0.3) is 6.43 Å². The van der Waals surface area contributed by atoms with Crippen LogP contribution in [-0.2, 0) is 0 Å². The Morgan fingerprint density at radius 1 is 1.11 bits per heavy atom. The molecule has 2 aromatic rings. The Hall–Kier alpha value is -1.10. The third kappa shape index (κ3) is 3.70. The van der Waals surface area contributed by atoms with Crippen molar-refractivity contribution in [2.24, 2.45) is 0 Å². The molecule has 0 amide bonds. The number of alkyl halides is 2. The standard InChI is InChI=1S/C9H6F3NS.2C2H6/c1-4-2-3-5(10)7-6(4)13-9(14-7)8(11)12;2*1-2/h2-3,8H,1H3;2*1-2H3. The number of aryl methyl sites for hydroxylation is 1. The molecule has 0 N–H and O–H groups in total. The van der Waals surface area contributed by atoms with Crippen LogP contribution < -0.4 is 0 Å². The largest absolute Gasteiger partial charge is 0.289 e. The van der Waals surface area contributed by atoms with E-state index in [1.165, 1.54) is 12.1 Å². The molecule has 0 aliphatic heterocycles. The molecule has 18 heavy (non-hydrogen) atoms. The molecule has 0 saturated heterocycles. The molecule has 0 radical (unpaired) electrons. The van der Waals surface area contributed by atoms with Gasteiger partial charge in [0.2, 0.25) is 0 Å². The van der Waals surface area contributed by atoms with Gasteiger partial charge in [0.15, 0.2) is 5.01 Å². The van der Waals surface area contributed by atoms with Crippen molar-refractivity contribution < 1.29 is 13.2 Å². The number of halogens is 3. The summed E-state index contributed by atoms with van der Waals surface area (Å²) in [6.07, 6.45) is -2.63.